The van der Waals surface area contributed by atoms with Crippen LogP contribution >= 0.6 is 0 Å². The third kappa shape index (κ3) is 3.45. The van der Waals surface area contributed by atoms with Crippen molar-refractivity contribution in [3.05, 3.63) is 64.5 Å². The van der Waals surface area contributed by atoms with Gasteiger partial charge in [0, 0.05) is 5.69 Å². The van der Waals surface area contributed by atoms with Gasteiger partial charge >= 0.3 is 0 Å². The van der Waals surface area contributed by atoms with Gasteiger partial charge in [-0.1, -0.05) is 31.2 Å². The first-order valence-electron chi connectivity index (χ1n) is 7.36. The normalized spacial score (nSPS) is 12.4. The van der Waals surface area contributed by atoms with Crippen LogP contribution in [-0.2, 0) is 0 Å². The van der Waals surface area contributed by atoms with Crippen LogP contribution < -0.4 is 5.32 Å². The van der Waals surface area contributed by atoms with Gasteiger partial charge in [-0.25, -0.2) is 0 Å². The second kappa shape index (κ2) is 6.67. The van der Waals surface area contributed by atoms with Crippen LogP contribution in [0.2, 0.25) is 0 Å². The highest BCUT2D eigenvalue weighted by Crippen LogP contribution is 2.23. The van der Waals surface area contributed by atoms with Crippen LogP contribution in [-0.4, -0.2) is 11.5 Å². The molecule has 2 heteroatoms. The fraction of sp³-hybridized carbons (Fsp3) is 0.389. The van der Waals surface area contributed by atoms with E-state index in [-0.39, 0.29) is 6.04 Å². The van der Waals surface area contributed by atoms with Crippen LogP contribution in [0.5, 0.6) is 0 Å². The summed E-state index contributed by atoms with van der Waals surface area (Å²) in [5.74, 6) is 0. The fourth-order valence-electron chi connectivity index (χ4n) is 2.35. The predicted molar refractivity (Wildman–Crippen MR) is 85.0 cm³/mol. The molecule has 2 aromatic rings. The quantitative estimate of drug-likeness (QED) is 0.883. The van der Waals surface area contributed by atoms with Crippen molar-refractivity contribution in [2.75, 3.05) is 6.54 Å². The van der Waals surface area contributed by atoms with E-state index in [4.69, 9.17) is 4.98 Å². The second-order valence-electron chi connectivity index (χ2n) is 5.43. The molecule has 106 valence electrons. The average molecular weight is 268 g/mol. The minimum Gasteiger partial charge on any atom is -0.305 e. The molecule has 0 aliphatic carbocycles. The zero-order valence-electron chi connectivity index (χ0n) is 12.9. The second-order valence-corrected chi connectivity index (χ2v) is 5.43. The van der Waals surface area contributed by atoms with E-state index in [2.05, 4.69) is 56.4 Å². The van der Waals surface area contributed by atoms with E-state index in [1.807, 2.05) is 13.0 Å². The molecule has 1 aromatic carbocycles. The summed E-state index contributed by atoms with van der Waals surface area (Å²) in [4.78, 5) is 4.69. The standard InChI is InChI=1S/C18H24N2/c1-5-11-19-18(17-8-6-7-15(4)20-17)16-10-9-13(2)14(3)12-16/h6-10,12,18-19H,5,11H2,1-4H3. The number of hydrogen-bond acceptors (Lipinski definition) is 2. The number of pyridine rings is 1. The molecule has 0 radical (unpaired) electrons. The Morgan fingerprint density at radius 3 is 2.50 bits per heavy atom. The number of rotatable bonds is 5. The summed E-state index contributed by atoms with van der Waals surface area (Å²) in [6.07, 6.45) is 1.12. The van der Waals surface area contributed by atoms with Gasteiger partial charge in [0.2, 0.25) is 0 Å². The van der Waals surface area contributed by atoms with Gasteiger partial charge in [-0.2, -0.15) is 0 Å². The van der Waals surface area contributed by atoms with E-state index in [1.165, 1.54) is 16.7 Å². The molecule has 0 amide bonds. The van der Waals surface area contributed by atoms with Gasteiger partial charge in [-0.15, -0.1) is 0 Å². The Morgan fingerprint density at radius 1 is 1.05 bits per heavy atom. The summed E-state index contributed by atoms with van der Waals surface area (Å²) in [5.41, 5.74) is 6.12. The average Bonchev–Trinajstić information content (AvgIpc) is 2.43. The van der Waals surface area contributed by atoms with Crippen molar-refractivity contribution in [3.8, 4) is 0 Å². The lowest BCUT2D eigenvalue weighted by atomic mass is 9.98. The molecular formula is C18H24N2. The van der Waals surface area contributed by atoms with Crippen molar-refractivity contribution in [1.82, 2.24) is 10.3 Å². The van der Waals surface area contributed by atoms with Gasteiger partial charge in [0.25, 0.3) is 0 Å². The minimum absolute atomic E-state index is 0.175. The number of nitrogens with one attached hydrogen (secondary N) is 1. The van der Waals surface area contributed by atoms with E-state index < -0.39 is 0 Å². The van der Waals surface area contributed by atoms with Gasteiger partial charge in [-0.3, -0.25) is 4.98 Å². The molecule has 20 heavy (non-hydrogen) atoms. The highest BCUT2D eigenvalue weighted by atomic mass is 14.9. The van der Waals surface area contributed by atoms with E-state index in [0.29, 0.717) is 0 Å². The predicted octanol–water partition coefficient (Wildman–Crippen LogP) is 4.10. The minimum atomic E-state index is 0.175. The van der Waals surface area contributed by atoms with E-state index >= 15 is 0 Å². The van der Waals surface area contributed by atoms with E-state index in [0.717, 1.165) is 24.4 Å². The van der Waals surface area contributed by atoms with Crippen molar-refractivity contribution in [3.63, 3.8) is 0 Å². The van der Waals surface area contributed by atoms with Crippen molar-refractivity contribution in [2.45, 2.75) is 40.2 Å². The SMILES string of the molecule is CCCNC(c1ccc(C)c(C)c1)c1cccc(C)n1. The van der Waals surface area contributed by atoms with Gasteiger partial charge in [0.15, 0.2) is 0 Å². The molecule has 1 atom stereocenters. The van der Waals surface area contributed by atoms with Crippen LogP contribution in [0.3, 0.4) is 0 Å². The summed E-state index contributed by atoms with van der Waals surface area (Å²) in [5, 5.41) is 3.61. The Labute approximate surface area is 122 Å². The highest BCUT2D eigenvalue weighted by molar-refractivity contribution is 5.35. The van der Waals surface area contributed by atoms with Crippen LogP contribution in [0.15, 0.2) is 36.4 Å². The lowest BCUT2D eigenvalue weighted by Crippen LogP contribution is -2.24. The maximum atomic E-state index is 4.69. The molecule has 1 heterocycles. The molecule has 1 aromatic heterocycles. The Hall–Kier alpha value is -1.67. The lowest BCUT2D eigenvalue weighted by Gasteiger charge is -2.20. The van der Waals surface area contributed by atoms with Crippen LogP contribution in [0.1, 0.15) is 47.5 Å². The fourth-order valence-corrected chi connectivity index (χ4v) is 2.35. The third-order valence-corrected chi connectivity index (χ3v) is 3.67. The zero-order chi connectivity index (χ0) is 14.5. The number of benzene rings is 1. The maximum absolute atomic E-state index is 4.69. The number of aromatic nitrogens is 1. The largest absolute Gasteiger partial charge is 0.305 e. The van der Waals surface area contributed by atoms with E-state index in [1.54, 1.807) is 0 Å². The Kier molecular flexibility index (Phi) is 4.91. The molecule has 1 N–H and O–H groups in total. The smallest absolute Gasteiger partial charge is 0.0751 e. The van der Waals surface area contributed by atoms with Crippen molar-refractivity contribution < 1.29 is 0 Å². The molecule has 1 unspecified atom stereocenters. The highest BCUT2D eigenvalue weighted by Gasteiger charge is 2.15. The summed E-state index contributed by atoms with van der Waals surface area (Å²) in [6, 6.07) is 13.1. The topological polar surface area (TPSA) is 24.9 Å². The molecule has 2 rings (SSSR count). The molecule has 0 saturated heterocycles. The molecule has 0 spiro atoms. The molecular weight excluding hydrogens is 244 g/mol. The van der Waals surface area contributed by atoms with Crippen molar-refractivity contribution in [1.29, 1.82) is 0 Å². The first-order chi connectivity index (χ1) is 9.61. The van der Waals surface area contributed by atoms with Gasteiger partial charge in [-0.05, 0) is 62.6 Å². The molecule has 2 nitrogen and oxygen atoms in total. The summed E-state index contributed by atoms with van der Waals surface area (Å²) in [7, 11) is 0. The van der Waals surface area contributed by atoms with Crippen molar-refractivity contribution in [2.24, 2.45) is 0 Å². The van der Waals surface area contributed by atoms with Gasteiger partial charge in [0.1, 0.15) is 0 Å². The molecule has 0 fully saturated rings. The summed E-state index contributed by atoms with van der Waals surface area (Å²) in [6.45, 7) is 9.54. The van der Waals surface area contributed by atoms with Gasteiger partial charge < -0.3 is 5.32 Å². The zero-order valence-corrected chi connectivity index (χ0v) is 12.9. The van der Waals surface area contributed by atoms with Crippen LogP contribution in [0.4, 0.5) is 0 Å². The monoisotopic (exact) mass is 268 g/mol. The van der Waals surface area contributed by atoms with E-state index in [9.17, 15) is 0 Å². The Morgan fingerprint density at radius 2 is 1.85 bits per heavy atom. The molecule has 0 bridgehead atoms. The molecule has 0 saturated carbocycles. The third-order valence-electron chi connectivity index (χ3n) is 3.67. The number of hydrogen-bond donors (Lipinski definition) is 1. The van der Waals surface area contributed by atoms with Crippen LogP contribution in [0.25, 0.3) is 0 Å². The number of aryl methyl sites for hydroxylation is 3. The van der Waals surface area contributed by atoms with Crippen molar-refractivity contribution >= 4 is 0 Å². The first-order valence-corrected chi connectivity index (χ1v) is 7.36. The maximum Gasteiger partial charge on any atom is 0.0751 e. The number of nitrogens with zero attached hydrogens (tertiary/aromatic N) is 1. The Bertz CT molecular complexity index is 575. The van der Waals surface area contributed by atoms with Crippen LogP contribution in [0, 0.1) is 20.8 Å². The Balaban J connectivity index is 2.38. The lowest BCUT2D eigenvalue weighted by molar-refractivity contribution is 0.585. The molecule has 0 aliphatic heterocycles. The summed E-state index contributed by atoms with van der Waals surface area (Å²) >= 11 is 0. The molecule has 0 aliphatic rings. The summed E-state index contributed by atoms with van der Waals surface area (Å²) < 4.78 is 0. The first kappa shape index (κ1) is 14.7. The van der Waals surface area contributed by atoms with Gasteiger partial charge in [0.05, 0.1) is 11.7 Å².